The number of hydrogen-bond donors (Lipinski definition) is 0. The molecule has 0 aliphatic carbocycles. The summed E-state index contributed by atoms with van der Waals surface area (Å²) in [4.78, 5) is 11.3. The fraction of sp³-hybridized carbons (Fsp3) is 0.364. The summed E-state index contributed by atoms with van der Waals surface area (Å²) < 4.78 is 75.0. The van der Waals surface area contributed by atoms with Gasteiger partial charge in [0.1, 0.15) is 0 Å². The highest BCUT2D eigenvalue weighted by Gasteiger charge is 2.36. The Hall–Kier alpha value is -1.73. The van der Waals surface area contributed by atoms with Crippen molar-refractivity contribution in [3.8, 4) is 0 Å². The van der Waals surface area contributed by atoms with E-state index in [-0.39, 0.29) is 18.2 Å². The highest BCUT2D eigenvalue weighted by molar-refractivity contribution is 5.47. The van der Waals surface area contributed by atoms with Gasteiger partial charge in [0.15, 0.2) is 0 Å². The van der Waals surface area contributed by atoms with Crippen molar-refractivity contribution in [2.75, 3.05) is 7.05 Å². The van der Waals surface area contributed by atoms with Crippen molar-refractivity contribution in [2.24, 2.45) is 0 Å². The maximum Gasteiger partial charge on any atom is 0.416 e. The molecule has 1 aromatic carbocycles. The number of nitrogens with zero attached hydrogens (tertiary/aromatic N) is 1. The Labute approximate surface area is 104 Å². The van der Waals surface area contributed by atoms with E-state index in [2.05, 4.69) is 0 Å². The zero-order valence-electron chi connectivity index (χ0n) is 9.64. The first-order chi connectivity index (χ1) is 8.54. The molecule has 1 rings (SSSR count). The predicted octanol–water partition coefficient (Wildman–Crippen LogP) is 3.31. The second-order valence-electron chi connectivity index (χ2n) is 3.93. The quantitative estimate of drug-likeness (QED) is 0.616. The molecule has 0 saturated carbocycles. The molecule has 0 aliphatic rings. The summed E-state index contributed by atoms with van der Waals surface area (Å²) >= 11 is 0. The number of halogens is 6. The van der Waals surface area contributed by atoms with Crippen LogP contribution in [0, 0.1) is 0 Å². The van der Waals surface area contributed by atoms with Gasteiger partial charge in [0.05, 0.1) is 11.1 Å². The van der Waals surface area contributed by atoms with Crippen LogP contribution in [0.1, 0.15) is 16.7 Å². The van der Waals surface area contributed by atoms with Gasteiger partial charge in [-0.2, -0.15) is 26.3 Å². The van der Waals surface area contributed by atoms with Gasteiger partial charge in [0.2, 0.25) is 6.41 Å². The molecule has 0 aromatic heterocycles. The van der Waals surface area contributed by atoms with E-state index in [1.165, 1.54) is 7.05 Å². The standard InChI is InChI=1S/C11H9F6NO/c1-18(6-19)5-7-2-8(10(12,13)14)4-9(3-7)11(15,16)17/h2-4,6H,5H2,1H3. The van der Waals surface area contributed by atoms with Crippen molar-refractivity contribution in [1.29, 1.82) is 0 Å². The number of hydrogen-bond acceptors (Lipinski definition) is 1. The summed E-state index contributed by atoms with van der Waals surface area (Å²) in [6.07, 6.45) is -9.45. The van der Waals surface area contributed by atoms with Gasteiger partial charge in [0.25, 0.3) is 0 Å². The maximum absolute atomic E-state index is 12.5. The molecular weight excluding hydrogens is 276 g/mol. The molecule has 0 N–H and O–H groups in total. The number of benzene rings is 1. The third-order valence-corrected chi connectivity index (χ3v) is 2.26. The molecule has 106 valence electrons. The van der Waals surface area contributed by atoms with Crippen LogP contribution in [0.25, 0.3) is 0 Å². The van der Waals surface area contributed by atoms with E-state index in [1.54, 1.807) is 0 Å². The molecule has 0 atom stereocenters. The summed E-state index contributed by atoms with van der Waals surface area (Å²) in [5.41, 5.74) is -3.02. The minimum atomic E-state index is -4.88. The van der Waals surface area contributed by atoms with Crippen LogP contribution in [0.5, 0.6) is 0 Å². The first-order valence-electron chi connectivity index (χ1n) is 4.98. The zero-order valence-corrected chi connectivity index (χ0v) is 9.64. The third-order valence-electron chi connectivity index (χ3n) is 2.26. The largest absolute Gasteiger partial charge is 0.416 e. The van der Waals surface area contributed by atoms with E-state index in [1.807, 2.05) is 0 Å². The van der Waals surface area contributed by atoms with Crippen LogP contribution in [0.15, 0.2) is 18.2 Å². The monoisotopic (exact) mass is 285 g/mol. The van der Waals surface area contributed by atoms with Crippen LogP contribution >= 0.6 is 0 Å². The summed E-state index contributed by atoms with van der Waals surface area (Å²) in [5.74, 6) is 0. The molecule has 0 heterocycles. The van der Waals surface area contributed by atoms with Gasteiger partial charge in [-0.25, -0.2) is 0 Å². The van der Waals surface area contributed by atoms with Crippen LogP contribution in [0.2, 0.25) is 0 Å². The average Bonchev–Trinajstić information content (AvgIpc) is 2.26. The lowest BCUT2D eigenvalue weighted by atomic mass is 10.0. The molecule has 0 unspecified atom stereocenters. The molecular formula is C11H9F6NO. The molecule has 1 aromatic rings. The Morgan fingerprint density at radius 1 is 1.00 bits per heavy atom. The van der Waals surface area contributed by atoms with E-state index in [0.717, 1.165) is 4.90 Å². The minimum Gasteiger partial charge on any atom is -0.344 e. The van der Waals surface area contributed by atoms with Gasteiger partial charge >= 0.3 is 12.4 Å². The molecule has 19 heavy (non-hydrogen) atoms. The van der Waals surface area contributed by atoms with Crippen molar-refractivity contribution < 1.29 is 31.1 Å². The van der Waals surface area contributed by atoms with Crippen LogP contribution < -0.4 is 0 Å². The number of amides is 1. The van der Waals surface area contributed by atoms with Crippen LogP contribution in [0.4, 0.5) is 26.3 Å². The molecule has 0 fully saturated rings. The number of rotatable bonds is 3. The number of alkyl halides is 6. The Morgan fingerprint density at radius 2 is 1.42 bits per heavy atom. The Balaban J connectivity index is 3.28. The molecule has 0 saturated heterocycles. The van der Waals surface area contributed by atoms with E-state index in [0.29, 0.717) is 18.5 Å². The van der Waals surface area contributed by atoms with Crippen molar-refractivity contribution >= 4 is 6.41 Å². The van der Waals surface area contributed by atoms with Crippen LogP contribution in [-0.2, 0) is 23.7 Å². The lowest BCUT2D eigenvalue weighted by Gasteiger charge is -2.16. The van der Waals surface area contributed by atoms with E-state index in [9.17, 15) is 31.1 Å². The molecule has 0 spiro atoms. The summed E-state index contributed by atoms with van der Waals surface area (Å²) in [6, 6.07) is 1.23. The maximum atomic E-state index is 12.5. The van der Waals surface area contributed by atoms with Crippen LogP contribution in [-0.4, -0.2) is 18.4 Å². The minimum absolute atomic E-state index is 0.0460. The van der Waals surface area contributed by atoms with E-state index >= 15 is 0 Å². The lowest BCUT2D eigenvalue weighted by molar-refractivity contribution is -0.143. The van der Waals surface area contributed by atoms with Crippen molar-refractivity contribution in [3.63, 3.8) is 0 Å². The molecule has 1 amide bonds. The Bertz CT molecular complexity index is 433. The third kappa shape index (κ3) is 4.15. The smallest absolute Gasteiger partial charge is 0.344 e. The molecule has 0 bridgehead atoms. The first-order valence-corrected chi connectivity index (χ1v) is 4.98. The summed E-state index contributed by atoms with van der Waals surface area (Å²) in [5, 5.41) is 0. The molecule has 2 nitrogen and oxygen atoms in total. The van der Waals surface area contributed by atoms with Crippen molar-refractivity contribution in [1.82, 2.24) is 4.90 Å². The zero-order chi connectivity index (χ0) is 14.8. The summed E-state index contributed by atoms with van der Waals surface area (Å²) in [7, 11) is 1.25. The molecule has 0 radical (unpaired) electrons. The van der Waals surface area contributed by atoms with Crippen molar-refractivity contribution in [3.05, 3.63) is 34.9 Å². The van der Waals surface area contributed by atoms with Crippen molar-refractivity contribution in [2.45, 2.75) is 18.9 Å². The van der Waals surface area contributed by atoms with Gasteiger partial charge < -0.3 is 4.90 Å². The van der Waals surface area contributed by atoms with Gasteiger partial charge in [-0.15, -0.1) is 0 Å². The first kappa shape index (κ1) is 15.3. The van der Waals surface area contributed by atoms with E-state index < -0.39 is 23.5 Å². The SMILES string of the molecule is CN(C=O)Cc1cc(C(F)(F)F)cc(C(F)(F)F)c1. The van der Waals surface area contributed by atoms with Gasteiger partial charge in [-0.05, 0) is 23.8 Å². The highest BCUT2D eigenvalue weighted by Crippen LogP contribution is 2.36. The fourth-order valence-electron chi connectivity index (χ4n) is 1.44. The van der Waals surface area contributed by atoms with E-state index in [4.69, 9.17) is 0 Å². The molecule has 8 heteroatoms. The van der Waals surface area contributed by atoms with Gasteiger partial charge in [-0.1, -0.05) is 0 Å². The predicted molar refractivity (Wildman–Crippen MR) is 54.0 cm³/mol. The Morgan fingerprint density at radius 3 is 1.74 bits per heavy atom. The molecule has 0 aliphatic heterocycles. The number of carbonyl (C=O) groups is 1. The Kier molecular flexibility index (Phi) is 4.12. The van der Waals surface area contributed by atoms with Crippen LogP contribution in [0.3, 0.4) is 0 Å². The summed E-state index contributed by atoms with van der Waals surface area (Å²) in [6.45, 7) is -0.337. The topological polar surface area (TPSA) is 20.3 Å². The second kappa shape index (κ2) is 5.10. The second-order valence-corrected chi connectivity index (χ2v) is 3.93. The average molecular weight is 285 g/mol. The lowest BCUT2D eigenvalue weighted by Crippen LogP contribution is -2.17. The normalized spacial score (nSPS) is 12.4. The van der Waals surface area contributed by atoms with Gasteiger partial charge in [-0.3, -0.25) is 4.79 Å². The highest BCUT2D eigenvalue weighted by atomic mass is 19.4. The fourth-order valence-corrected chi connectivity index (χ4v) is 1.44. The van der Waals surface area contributed by atoms with Gasteiger partial charge in [0, 0.05) is 13.6 Å². The number of carbonyl (C=O) groups excluding carboxylic acids is 1.